The summed E-state index contributed by atoms with van der Waals surface area (Å²) in [6.45, 7) is 1.63. The zero-order valence-corrected chi connectivity index (χ0v) is 7.99. The minimum Gasteiger partial charge on any atom is -0.385 e. The zero-order valence-electron chi connectivity index (χ0n) is 7.99. The van der Waals surface area contributed by atoms with Crippen molar-refractivity contribution in [2.24, 2.45) is 11.7 Å². The van der Waals surface area contributed by atoms with Crippen molar-refractivity contribution in [2.75, 3.05) is 26.9 Å². The normalized spacial score (nSPS) is 26.0. The van der Waals surface area contributed by atoms with E-state index in [1.54, 1.807) is 7.11 Å². The van der Waals surface area contributed by atoms with E-state index >= 15 is 0 Å². The predicted octanol–water partition coefficient (Wildman–Crippen LogP) is -0.0442. The smallest absolute Gasteiger partial charge is 0.142 e. The van der Waals surface area contributed by atoms with Crippen LogP contribution in [0.25, 0.3) is 0 Å². The van der Waals surface area contributed by atoms with Crippen molar-refractivity contribution in [2.45, 2.75) is 18.9 Å². The number of hydrogen-bond acceptors (Lipinski definition) is 4. The van der Waals surface area contributed by atoms with Crippen LogP contribution in [-0.4, -0.2) is 38.8 Å². The molecule has 1 saturated heterocycles. The third-order valence-electron chi connectivity index (χ3n) is 2.38. The molecule has 76 valence electrons. The first-order valence-corrected chi connectivity index (χ1v) is 4.60. The third-order valence-corrected chi connectivity index (χ3v) is 2.38. The quantitative estimate of drug-likeness (QED) is 0.670. The number of carbonyl (C=O) groups excluding carboxylic acids is 1. The average Bonchev–Trinajstić information content (AvgIpc) is 2.15. The molecule has 2 atom stereocenters. The number of hydrogen-bond donors (Lipinski definition) is 1. The summed E-state index contributed by atoms with van der Waals surface area (Å²) in [5, 5.41) is 0. The van der Waals surface area contributed by atoms with Gasteiger partial charge in [0.2, 0.25) is 0 Å². The molecule has 0 amide bonds. The molecule has 0 bridgehead atoms. The van der Waals surface area contributed by atoms with Gasteiger partial charge in [-0.3, -0.25) is 4.79 Å². The van der Waals surface area contributed by atoms with E-state index < -0.39 is 0 Å². The minimum atomic E-state index is -0.121. The molecule has 1 fully saturated rings. The van der Waals surface area contributed by atoms with Crippen LogP contribution in [0, 0.1) is 5.92 Å². The van der Waals surface area contributed by atoms with Gasteiger partial charge in [0.1, 0.15) is 5.78 Å². The van der Waals surface area contributed by atoms with Crippen molar-refractivity contribution >= 4 is 5.78 Å². The van der Waals surface area contributed by atoms with Crippen LogP contribution in [0.15, 0.2) is 0 Å². The second-order valence-electron chi connectivity index (χ2n) is 3.34. The molecule has 0 radical (unpaired) electrons. The van der Waals surface area contributed by atoms with Gasteiger partial charge >= 0.3 is 0 Å². The summed E-state index contributed by atoms with van der Waals surface area (Å²) in [5.74, 6) is 0.110. The van der Waals surface area contributed by atoms with Gasteiger partial charge in [-0.15, -0.1) is 0 Å². The lowest BCUT2D eigenvalue weighted by Crippen LogP contribution is -2.42. The Morgan fingerprint density at radius 3 is 3.15 bits per heavy atom. The number of nitrogens with two attached hydrogens (primary N) is 1. The van der Waals surface area contributed by atoms with E-state index in [4.69, 9.17) is 15.2 Å². The molecule has 2 unspecified atom stereocenters. The fraction of sp³-hybridized carbons (Fsp3) is 0.889. The van der Waals surface area contributed by atoms with Crippen LogP contribution in [0.1, 0.15) is 12.8 Å². The lowest BCUT2D eigenvalue weighted by atomic mass is 9.91. The molecule has 1 rings (SSSR count). The molecule has 0 aromatic rings. The van der Waals surface area contributed by atoms with Crippen LogP contribution in [0.3, 0.4) is 0 Å². The van der Waals surface area contributed by atoms with Crippen LogP contribution in [-0.2, 0) is 14.3 Å². The number of ketones is 1. The van der Waals surface area contributed by atoms with E-state index in [0.717, 1.165) is 6.42 Å². The van der Waals surface area contributed by atoms with Gasteiger partial charge in [0, 0.05) is 26.2 Å². The first-order chi connectivity index (χ1) is 6.25. The average molecular weight is 187 g/mol. The van der Waals surface area contributed by atoms with Crippen molar-refractivity contribution in [1.29, 1.82) is 0 Å². The van der Waals surface area contributed by atoms with Crippen LogP contribution < -0.4 is 5.73 Å². The Bertz CT molecular complexity index is 172. The molecular formula is C9H17NO3. The largest absolute Gasteiger partial charge is 0.385 e. The molecule has 0 saturated carbocycles. The molecule has 0 aromatic carbocycles. The summed E-state index contributed by atoms with van der Waals surface area (Å²) < 4.78 is 10.1. The molecule has 1 aliphatic rings. The minimum absolute atomic E-state index is 0.118. The highest BCUT2D eigenvalue weighted by Crippen LogP contribution is 2.14. The van der Waals surface area contributed by atoms with Crippen LogP contribution >= 0.6 is 0 Å². The van der Waals surface area contributed by atoms with Gasteiger partial charge in [-0.05, 0) is 6.42 Å². The highest BCUT2D eigenvalue weighted by atomic mass is 16.5. The SMILES string of the molecule is COCCC(N)C1COCCC1=O. The Labute approximate surface area is 78.4 Å². The van der Waals surface area contributed by atoms with Crippen molar-refractivity contribution < 1.29 is 14.3 Å². The number of methoxy groups -OCH3 is 1. The van der Waals surface area contributed by atoms with E-state index in [0.29, 0.717) is 26.2 Å². The summed E-state index contributed by atoms with van der Waals surface area (Å²) in [5.41, 5.74) is 5.84. The first kappa shape index (κ1) is 10.6. The van der Waals surface area contributed by atoms with Crippen LogP contribution in [0.5, 0.6) is 0 Å². The van der Waals surface area contributed by atoms with Gasteiger partial charge in [-0.1, -0.05) is 0 Å². The molecule has 1 heterocycles. The highest BCUT2D eigenvalue weighted by molar-refractivity contribution is 5.82. The maximum atomic E-state index is 11.4. The van der Waals surface area contributed by atoms with Gasteiger partial charge < -0.3 is 15.2 Å². The van der Waals surface area contributed by atoms with Crippen molar-refractivity contribution in [3.63, 3.8) is 0 Å². The van der Waals surface area contributed by atoms with Crippen LogP contribution in [0.2, 0.25) is 0 Å². The fourth-order valence-corrected chi connectivity index (χ4v) is 1.48. The number of ether oxygens (including phenoxy) is 2. The molecular weight excluding hydrogens is 170 g/mol. The number of Topliss-reactive ketones (excluding diaryl/α,β-unsaturated/α-hetero) is 1. The van der Waals surface area contributed by atoms with Gasteiger partial charge in [0.25, 0.3) is 0 Å². The van der Waals surface area contributed by atoms with Crippen molar-refractivity contribution in [3.05, 3.63) is 0 Å². The maximum Gasteiger partial charge on any atom is 0.142 e. The van der Waals surface area contributed by atoms with Crippen LogP contribution in [0.4, 0.5) is 0 Å². The van der Waals surface area contributed by atoms with E-state index in [9.17, 15) is 4.79 Å². The Kier molecular flexibility index (Phi) is 4.35. The van der Waals surface area contributed by atoms with Gasteiger partial charge in [-0.25, -0.2) is 0 Å². The molecule has 0 aliphatic carbocycles. The van der Waals surface area contributed by atoms with E-state index in [-0.39, 0.29) is 17.7 Å². The Morgan fingerprint density at radius 1 is 1.77 bits per heavy atom. The van der Waals surface area contributed by atoms with Crippen molar-refractivity contribution in [1.82, 2.24) is 0 Å². The fourth-order valence-electron chi connectivity index (χ4n) is 1.48. The van der Waals surface area contributed by atoms with Crippen molar-refractivity contribution in [3.8, 4) is 0 Å². The summed E-state index contributed by atoms with van der Waals surface area (Å²) in [7, 11) is 1.63. The molecule has 4 nitrogen and oxygen atoms in total. The summed E-state index contributed by atoms with van der Waals surface area (Å²) in [4.78, 5) is 11.4. The predicted molar refractivity (Wildman–Crippen MR) is 48.4 cm³/mol. The second kappa shape index (κ2) is 5.32. The Morgan fingerprint density at radius 2 is 2.54 bits per heavy atom. The molecule has 4 heteroatoms. The van der Waals surface area contributed by atoms with Gasteiger partial charge in [0.05, 0.1) is 19.1 Å². The van der Waals surface area contributed by atoms with E-state index in [2.05, 4.69) is 0 Å². The third kappa shape index (κ3) is 3.06. The van der Waals surface area contributed by atoms with Gasteiger partial charge in [0.15, 0.2) is 0 Å². The number of carbonyl (C=O) groups is 1. The molecule has 0 spiro atoms. The second-order valence-corrected chi connectivity index (χ2v) is 3.34. The Hall–Kier alpha value is -0.450. The molecule has 13 heavy (non-hydrogen) atoms. The van der Waals surface area contributed by atoms with Gasteiger partial charge in [-0.2, -0.15) is 0 Å². The first-order valence-electron chi connectivity index (χ1n) is 4.60. The van der Waals surface area contributed by atoms with E-state index in [1.807, 2.05) is 0 Å². The topological polar surface area (TPSA) is 61.6 Å². The lowest BCUT2D eigenvalue weighted by Gasteiger charge is -2.26. The standard InChI is InChI=1S/C9H17NO3/c1-12-4-2-8(10)7-6-13-5-3-9(7)11/h7-8H,2-6,10H2,1H3. The summed E-state index contributed by atoms with van der Waals surface area (Å²) >= 11 is 0. The summed E-state index contributed by atoms with van der Waals surface area (Å²) in [6.07, 6.45) is 1.22. The Balaban J connectivity index is 2.34. The molecule has 2 N–H and O–H groups in total. The molecule has 1 aliphatic heterocycles. The van der Waals surface area contributed by atoms with E-state index in [1.165, 1.54) is 0 Å². The molecule has 0 aromatic heterocycles. The summed E-state index contributed by atoms with van der Waals surface area (Å²) in [6, 6.07) is -0.118. The highest BCUT2D eigenvalue weighted by Gasteiger charge is 2.28. The monoisotopic (exact) mass is 187 g/mol. The number of rotatable bonds is 4. The zero-order chi connectivity index (χ0) is 9.68. The lowest BCUT2D eigenvalue weighted by molar-refractivity contribution is -0.131. The maximum absolute atomic E-state index is 11.4.